The Morgan fingerprint density at radius 3 is 2.68 bits per heavy atom. The summed E-state index contributed by atoms with van der Waals surface area (Å²) in [5.74, 6) is 0.793. The van der Waals surface area contributed by atoms with Crippen molar-refractivity contribution in [3.63, 3.8) is 0 Å². The molecule has 1 aliphatic heterocycles. The van der Waals surface area contributed by atoms with Crippen molar-refractivity contribution in [3.05, 3.63) is 0 Å². The smallest absolute Gasteiger partial charge is 0.317 e. The van der Waals surface area contributed by atoms with E-state index < -0.39 is 0 Å². The molecule has 2 rings (SSSR count). The molecule has 0 aromatic heterocycles. The summed E-state index contributed by atoms with van der Waals surface area (Å²) in [7, 11) is 0. The van der Waals surface area contributed by atoms with Crippen molar-refractivity contribution in [2.45, 2.75) is 64.5 Å². The van der Waals surface area contributed by atoms with Crippen molar-refractivity contribution in [3.8, 4) is 0 Å². The van der Waals surface area contributed by atoms with Crippen LogP contribution in [0.1, 0.15) is 52.9 Å². The minimum Gasteiger partial charge on any atom is -0.395 e. The molecule has 2 N–H and O–H groups in total. The molecule has 1 unspecified atom stereocenters. The van der Waals surface area contributed by atoms with Crippen LogP contribution >= 0.6 is 0 Å². The molecule has 1 heterocycles. The number of hydrogen-bond acceptors (Lipinski definition) is 3. The molecule has 1 atom stereocenters. The van der Waals surface area contributed by atoms with Crippen LogP contribution in [0, 0.1) is 5.92 Å². The lowest BCUT2D eigenvalue weighted by atomic mass is 9.91. The number of carbonyl (C=O) groups is 1. The number of carbonyl (C=O) groups excluding carboxylic acids is 1. The zero-order valence-electron chi connectivity index (χ0n) is 14.5. The highest BCUT2D eigenvalue weighted by Gasteiger charge is 2.34. The van der Waals surface area contributed by atoms with Gasteiger partial charge in [-0.3, -0.25) is 4.90 Å². The summed E-state index contributed by atoms with van der Waals surface area (Å²) in [6.45, 7) is 10.1. The number of aliphatic hydroxyl groups is 1. The first-order valence-corrected chi connectivity index (χ1v) is 8.88. The molecule has 0 aromatic rings. The normalized spacial score (nSPS) is 23.4. The first-order chi connectivity index (χ1) is 10.5. The van der Waals surface area contributed by atoms with Crippen LogP contribution in [0.4, 0.5) is 4.79 Å². The predicted molar refractivity (Wildman–Crippen MR) is 88.9 cm³/mol. The lowest BCUT2D eigenvalue weighted by molar-refractivity contribution is 0.0649. The summed E-state index contributed by atoms with van der Waals surface area (Å²) in [5.41, 5.74) is -0.0159. The van der Waals surface area contributed by atoms with Gasteiger partial charge in [0.05, 0.1) is 6.61 Å². The molecular formula is C17H33N3O2. The number of urea groups is 1. The van der Waals surface area contributed by atoms with Gasteiger partial charge in [-0.15, -0.1) is 0 Å². The van der Waals surface area contributed by atoms with Gasteiger partial charge in [-0.25, -0.2) is 4.79 Å². The van der Waals surface area contributed by atoms with Crippen LogP contribution < -0.4 is 5.32 Å². The third kappa shape index (κ3) is 4.59. The number of likely N-dealkylation sites (tertiary alicyclic amines) is 1. The number of nitrogens with one attached hydrogen (secondary N) is 1. The van der Waals surface area contributed by atoms with E-state index in [4.69, 9.17) is 5.11 Å². The van der Waals surface area contributed by atoms with Crippen molar-refractivity contribution in [2.75, 3.05) is 32.8 Å². The van der Waals surface area contributed by atoms with Crippen molar-refractivity contribution in [1.29, 1.82) is 0 Å². The number of nitrogens with zero attached hydrogens (tertiary/aromatic N) is 2. The summed E-state index contributed by atoms with van der Waals surface area (Å²) in [5, 5.41) is 12.2. The quantitative estimate of drug-likeness (QED) is 0.756. The van der Waals surface area contributed by atoms with Crippen molar-refractivity contribution in [1.82, 2.24) is 15.1 Å². The number of aliphatic hydroxyl groups excluding tert-OH is 1. The molecule has 0 radical (unpaired) electrons. The monoisotopic (exact) mass is 311 g/mol. The second-order valence-corrected chi connectivity index (χ2v) is 7.48. The van der Waals surface area contributed by atoms with Gasteiger partial charge in [-0.05, 0) is 52.0 Å². The van der Waals surface area contributed by atoms with Crippen LogP contribution in [0.2, 0.25) is 0 Å². The van der Waals surface area contributed by atoms with Gasteiger partial charge in [0.1, 0.15) is 0 Å². The Kier molecular flexibility index (Phi) is 6.09. The van der Waals surface area contributed by atoms with E-state index in [0.717, 1.165) is 31.8 Å². The van der Waals surface area contributed by atoms with E-state index in [1.54, 1.807) is 4.90 Å². The van der Waals surface area contributed by atoms with Gasteiger partial charge in [0.25, 0.3) is 0 Å². The molecule has 1 aliphatic carbocycles. The van der Waals surface area contributed by atoms with Crippen LogP contribution in [-0.2, 0) is 0 Å². The SMILES string of the molecule is CCC1CCCN(C(C)(C)CNC(=O)N(CCO)C2CC2)C1. The van der Waals surface area contributed by atoms with Crippen LogP contribution in [-0.4, -0.2) is 65.3 Å². The molecule has 0 aromatic carbocycles. The largest absolute Gasteiger partial charge is 0.395 e. The lowest BCUT2D eigenvalue weighted by Crippen LogP contribution is -2.56. The van der Waals surface area contributed by atoms with E-state index in [1.807, 2.05) is 0 Å². The van der Waals surface area contributed by atoms with E-state index in [1.165, 1.54) is 19.3 Å². The lowest BCUT2D eigenvalue weighted by Gasteiger charge is -2.44. The minimum atomic E-state index is -0.0197. The maximum atomic E-state index is 12.3. The van der Waals surface area contributed by atoms with E-state index in [0.29, 0.717) is 19.1 Å². The van der Waals surface area contributed by atoms with Gasteiger partial charge in [-0.2, -0.15) is 0 Å². The summed E-state index contributed by atoms with van der Waals surface area (Å²) >= 11 is 0. The molecule has 2 fully saturated rings. The standard InChI is InChI=1S/C17H33N3O2/c1-4-14-6-5-9-19(12-14)17(2,3)13-18-16(22)20(10-11-21)15-7-8-15/h14-15,21H,4-13H2,1-3H3,(H,18,22). The molecule has 2 amide bonds. The zero-order chi connectivity index (χ0) is 16.2. The Labute approximate surface area is 135 Å². The fourth-order valence-corrected chi connectivity index (χ4v) is 3.40. The van der Waals surface area contributed by atoms with Crippen molar-refractivity contribution >= 4 is 6.03 Å². The molecule has 5 nitrogen and oxygen atoms in total. The predicted octanol–water partition coefficient (Wildman–Crippen LogP) is 2.05. The highest BCUT2D eigenvalue weighted by molar-refractivity contribution is 5.75. The van der Waals surface area contributed by atoms with E-state index in [2.05, 4.69) is 31.0 Å². The average Bonchev–Trinajstić information content (AvgIpc) is 3.35. The Balaban J connectivity index is 1.84. The van der Waals surface area contributed by atoms with Gasteiger partial charge in [-0.1, -0.05) is 13.3 Å². The van der Waals surface area contributed by atoms with E-state index in [-0.39, 0.29) is 18.2 Å². The second kappa shape index (κ2) is 7.64. The molecule has 1 saturated heterocycles. The third-order valence-electron chi connectivity index (χ3n) is 5.21. The van der Waals surface area contributed by atoms with Crippen LogP contribution in [0.3, 0.4) is 0 Å². The Morgan fingerprint density at radius 2 is 2.09 bits per heavy atom. The summed E-state index contributed by atoms with van der Waals surface area (Å²) in [6.07, 6.45) is 5.98. The van der Waals surface area contributed by atoms with Crippen LogP contribution in [0.5, 0.6) is 0 Å². The average molecular weight is 311 g/mol. The van der Waals surface area contributed by atoms with E-state index >= 15 is 0 Å². The first kappa shape index (κ1) is 17.5. The number of amides is 2. The molecular weight excluding hydrogens is 278 g/mol. The van der Waals surface area contributed by atoms with Crippen molar-refractivity contribution in [2.24, 2.45) is 5.92 Å². The zero-order valence-corrected chi connectivity index (χ0v) is 14.5. The molecule has 22 heavy (non-hydrogen) atoms. The molecule has 5 heteroatoms. The number of rotatable bonds is 7. The van der Waals surface area contributed by atoms with Gasteiger partial charge in [0, 0.05) is 31.2 Å². The molecule has 1 saturated carbocycles. The molecule has 2 aliphatic rings. The topological polar surface area (TPSA) is 55.8 Å². The summed E-state index contributed by atoms with van der Waals surface area (Å²) in [6, 6.07) is 0.323. The highest BCUT2D eigenvalue weighted by Crippen LogP contribution is 2.27. The maximum Gasteiger partial charge on any atom is 0.317 e. The third-order valence-corrected chi connectivity index (χ3v) is 5.21. The second-order valence-electron chi connectivity index (χ2n) is 7.48. The maximum absolute atomic E-state index is 12.3. The van der Waals surface area contributed by atoms with E-state index in [9.17, 15) is 4.79 Å². The number of hydrogen-bond donors (Lipinski definition) is 2. The highest BCUT2D eigenvalue weighted by atomic mass is 16.3. The first-order valence-electron chi connectivity index (χ1n) is 8.88. The molecule has 0 spiro atoms. The van der Waals surface area contributed by atoms with Crippen molar-refractivity contribution < 1.29 is 9.90 Å². The summed E-state index contributed by atoms with van der Waals surface area (Å²) in [4.78, 5) is 16.7. The van der Waals surface area contributed by atoms with Crippen LogP contribution in [0.15, 0.2) is 0 Å². The Morgan fingerprint density at radius 1 is 1.36 bits per heavy atom. The fourth-order valence-electron chi connectivity index (χ4n) is 3.40. The van der Waals surface area contributed by atoms with Gasteiger partial charge >= 0.3 is 6.03 Å². The van der Waals surface area contributed by atoms with Gasteiger partial charge < -0.3 is 15.3 Å². The molecule has 0 bridgehead atoms. The Hall–Kier alpha value is -0.810. The van der Waals surface area contributed by atoms with Gasteiger partial charge in [0.2, 0.25) is 0 Å². The number of piperidine rings is 1. The summed E-state index contributed by atoms with van der Waals surface area (Å²) < 4.78 is 0. The molecule has 128 valence electrons. The minimum absolute atomic E-state index is 0.0159. The van der Waals surface area contributed by atoms with Gasteiger partial charge in [0.15, 0.2) is 0 Å². The van der Waals surface area contributed by atoms with Crippen LogP contribution in [0.25, 0.3) is 0 Å². The fraction of sp³-hybridized carbons (Fsp3) is 0.941. The Bertz CT molecular complexity index is 369.